The first kappa shape index (κ1) is 16.2. The molecule has 1 unspecified atom stereocenters. The molecule has 0 spiro atoms. The van der Waals surface area contributed by atoms with Crippen LogP contribution < -0.4 is 14.2 Å². The molecule has 1 aliphatic heterocycles. The highest BCUT2D eigenvalue weighted by Gasteiger charge is 2.24. The summed E-state index contributed by atoms with van der Waals surface area (Å²) in [4.78, 5) is 14.1. The number of para-hydroxylation sites is 3. The minimum Gasteiger partial charge on any atom is -0.496 e. The van der Waals surface area contributed by atoms with Crippen LogP contribution in [-0.4, -0.2) is 44.2 Å². The summed E-state index contributed by atoms with van der Waals surface area (Å²) in [6, 6.07) is 15.1. The Morgan fingerprint density at radius 1 is 1.17 bits per heavy atom. The zero-order valence-electron chi connectivity index (χ0n) is 13.9. The molecule has 0 aliphatic carbocycles. The van der Waals surface area contributed by atoms with Gasteiger partial charge in [-0.25, -0.2) is 0 Å². The third-order valence-electron chi connectivity index (χ3n) is 4.00. The van der Waals surface area contributed by atoms with Gasteiger partial charge in [0.2, 0.25) is 5.91 Å². The van der Waals surface area contributed by atoms with Gasteiger partial charge in [-0.2, -0.15) is 0 Å². The summed E-state index contributed by atoms with van der Waals surface area (Å²) in [5.74, 6) is 2.21. The van der Waals surface area contributed by atoms with Crippen molar-refractivity contribution in [1.29, 1.82) is 0 Å². The van der Waals surface area contributed by atoms with E-state index in [1.165, 1.54) is 0 Å². The Labute approximate surface area is 141 Å². The van der Waals surface area contributed by atoms with Gasteiger partial charge in [0.1, 0.15) is 12.4 Å². The van der Waals surface area contributed by atoms with Crippen molar-refractivity contribution in [1.82, 2.24) is 4.90 Å². The Morgan fingerprint density at radius 2 is 1.88 bits per heavy atom. The number of benzene rings is 2. The van der Waals surface area contributed by atoms with E-state index in [1.54, 1.807) is 19.1 Å². The number of methoxy groups -OCH3 is 1. The van der Waals surface area contributed by atoms with Crippen molar-refractivity contribution >= 4 is 5.91 Å². The van der Waals surface area contributed by atoms with Gasteiger partial charge in [0.15, 0.2) is 17.6 Å². The molecule has 126 valence electrons. The second-order valence-electron chi connectivity index (χ2n) is 5.76. The second kappa shape index (κ2) is 7.25. The molecule has 0 fully saturated rings. The molecule has 0 aromatic heterocycles. The maximum Gasteiger partial charge on any atom is 0.227 e. The summed E-state index contributed by atoms with van der Waals surface area (Å²) < 4.78 is 16.9. The molecule has 2 aromatic carbocycles. The van der Waals surface area contributed by atoms with Crippen LogP contribution >= 0.6 is 0 Å². The van der Waals surface area contributed by atoms with Crippen molar-refractivity contribution in [2.45, 2.75) is 12.5 Å². The number of amides is 1. The molecule has 2 aromatic rings. The normalized spacial score (nSPS) is 15.7. The number of fused-ring (bicyclic) bond motifs is 1. The van der Waals surface area contributed by atoms with Crippen molar-refractivity contribution in [2.24, 2.45) is 0 Å². The Morgan fingerprint density at radius 3 is 2.67 bits per heavy atom. The lowest BCUT2D eigenvalue weighted by Gasteiger charge is -2.29. The van der Waals surface area contributed by atoms with Crippen molar-refractivity contribution < 1.29 is 19.0 Å². The highest BCUT2D eigenvalue weighted by atomic mass is 16.6. The maximum absolute atomic E-state index is 12.5. The monoisotopic (exact) mass is 327 g/mol. The molecular formula is C19H21NO4. The Bertz CT molecular complexity index is 716. The number of hydrogen-bond acceptors (Lipinski definition) is 4. The summed E-state index contributed by atoms with van der Waals surface area (Å²) in [5.41, 5.74) is 0.878. The summed E-state index contributed by atoms with van der Waals surface area (Å²) in [7, 11) is 3.39. The zero-order valence-corrected chi connectivity index (χ0v) is 13.9. The molecule has 5 heteroatoms. The lowest BCUT2D eigenvalue weighted by Crippen LogP contribution is -2.42. The average Bonchev–Trinajstić information content (AvgIpc) is 2.62. The first-order valence-electron chi connectivity index (χ1n) is 7.91. The molecule has 5 nitrogen and oxygen atoms in total. The molecule has 0 saturated heterocycles. The van der Waals surface area contributed by atoms with E-state index < -0.39 is 0 Å². The first-order chi connectivity index (χ1) is 11.7. The molecule has 3 rings (SSSR count). The third kappa shape index (κ3) is 3.62. The Balaban J connectivity index is 1.59. The van der Waals surface area contributed by atoms with Crippen LogP contribution in [0, 0.1) is 0 Å². The maximum atomic E-state index is 12.5. The van der Waals surface area contributed by atoms with E-state index in [9.17, 15) is 4.79 Å². The third-order valence-corrected chi connectivity index (χ3v) is 4.00. The number of hydrogen-bond donors (Lipinski definition) is 0. The van der Waals surface area contributed by atoms with Gasteiger partial charge in [0.25, 0.3) is 0 Å². The van der Waals surface area contributed by atoms with Crippen LogP contribution in [0.3, 0.4) is 0 Å². The summed E-state index contributed by atoms with van der Waals surface area (Å²) >= 11 is 0. The van der Waals surface area contributed by atoms with Crippen molar-refractivity contribution in [2.75, 3.05) is 27.3 Å². The average molecular weight is 327 g/mol. The number of rotatable bonds is 5. The van der Waals surface area contributed by atoms with Gasteiger partial charge in [-0.15, -0.1) is 0 Å². The fourth-order valence-electron chi connectivity index (χ4n) is 2.71. The quantitative estimate of drug-likeness (QED) is 0.847. The minimum atomic E-state index is -0.175. The number of ether oxygens (including phenoxy) is 3. The van der Waals surface area contributed by atoms with Crippen LogP contribution in [0.5, 0.6) is 17.2 Å². The van der Waals surface area contributed by atoms with Gasteiger partial charge in [0.05, 0.1) is 20.1 Å². The largest absolute Gasteiger partial charge is 0.496 e. The van der Waals surface area contributed by atoms with Gasteiger partial charge in [-0.1, -0.05) is 30.3 Å². The topological polar surface area (TPSA) is 48.0 Å². The van der Waals surface area contributed by atoms with E-state index in [4.69, 9.17) is 14.2 Å². The predicted octanol–water partition coefficient (Wildman–Crippen LogP) is 2.54. The highest BCUT2D eigenvalue weighted by Crippen LogP contribution is 2.31. The molecule has 0 N–H and O–H groups in total. The first-order valence-corrected chi connectivity index (χ1v) is 7.91. The molecule has 0 radical (unpaired) electrons. The van der Waals surface area contributed by atoms with E-state index in [2.05, 4.69) is 0 Å². The second-order valence-corrected chi connectivity index (χ2v) is 5.76. The molecule has 1 amide bonds. The van der Waals surface area contributed by atoms with Crippen LogP contribution in [-0.2, 0) is 11.2 Å². The lowest BCUT2D eigenvalue weighted by molar-refractivity contribution is -0.130. The minimum absolute atomic E-state index is 0.0157. The van der Waals surface area contributed by atoms with E-state index in [-0.39, 0.29) is 12.0 Å². The van der Waals surface area contributed by atoms with Crippen molar-refractivity contribution in [3.63, 3.8) is 0 Å². The van der Waals surface area contributed by atoms with Crippen LogP contribution in [0.4, 0.5) is 0 Å². The van der Waals surface area contributed by atoms with Crippen LogP contribution in [0.2, 0.25) is 0 Å². The fourth-order valence-corrected chi connectivity index (χ4v) is 2.71. The van der Waals surface area contributed by atoms with Gasteiger partial charge in [0, 0.05) is 12.6 Å². The molecule has 24 heavy (non-hydrogen) atoms. The molecule has 1 atom stereocenters. The predicted molar refractivity (Wildman–Crippen MR) is 90.7 cm³/mol. The Hall–Kier alpha value is -2.69. The fraction of sp³-hybridized carbons (Fsp3) is 0.316. The number of carbonyl (C=O) groups excluding carboxylic acids is 1. The van der Waals surface area contributed by atoms with E-state index in [0.717, 1.165) is 22.8 Å². The van der Waals surface area contributed by atoms with Crippen LogP contribution in [0.1, 0.15) is 5.56 Å². The lowest BCUT2D eigenvalue weighted by atomic mass is 10.1. The van der Waals surface area contributed by atoms with Crippen molar-refractivity contribution in [3.8, 4) is 17.2 Å². The van der Waals surface area contributed by atoms with E-state index >= 15 is 0 Å². The number of carbonyl (C=O) groups is 1. The molecular weight excluding hydrogens is 306 g/mol. The van der Waals surface area contributed by atoms with Crippen LogP contribution in [0.15, 0.2) is 48.5 Å². The molecule has 1 heterocycles. The van der Waals surface area contributed by atoms with E-state index in [1.807, 2.05) is 48.5 Å². The van der Waals surface area contributed by atoms with Gasteiger partial charge < -0.3 is 19.1 Å². The van der Waals surface area contributed by atoms with Crippen molar-refractivity contribution in [3.05, 3.63) is 54.1 Å². The van der Waals surface area contributed by atoms with Crippen LogP contribution in [0.25, 0.3) is 0 Å². The Kier molecular flexibility index (Phi) is 4.89. The van der Waals surface area contributed by atoms with Gasteiger partial charge >= 0.3 is 0 Å². The summed E-state index contributed by atoms with van der Waals surface area (Å²) in [6.45, 7) is 0.908. The van der Waals surface area contributed by atoms with Gasteiger partial charge in [-0.05, 0) is 18.2 Å². The SMILES string of the molecule is COc1ccccc1CC(=O)N(C)CC1COc2ccccc2O1. The highest BCUT2D eigenvalue weighted by molar-refractivity contribution is 5.79. The number of likely N-dealkylation sites (N-methyl/N-ethyl adjacent to an activating group) is 1. The standard InChI is InChI=1S/C19H21NO4/c1-20(19(21)11-14-7-3-4-8-16(14)22-2)12-15-13-23-17-9-5-6-10-18(17)24-15/h3-10,15H,11-13H2,1-2H3. The molecule has 1 aliphatic rings. The summed E-state index contributed by atoms with van der Waals surface area (Å²) in [5, 5.41) is 0. The molecule has 0 bridgehead atoms. The summed E-state index contributed by atoms with van der Waals surface area (Å²) in [6.07, 6.45) is 0.122. The van der Waals surface area contributed by atoms with E-state index in [0.29, 0.717) is 19.6 Å². The van der Waals surface area contributed by atoms with Gasteiger partial charge in [-0.3, -0.25) is 4.79 Å². The smallest absolute Gasteiger partial charge is 0.227 e. The zero-order chi connectivity index (χ0) is 16.9. The number of nitrogens with zero attached hydrogens (tertiary/aromatic N) is 1. The molecule has 0 saturated carbocycles.